The highest BCUT2D eigenvalue weighted by Crippen LogP contribution is 2.33. The molecule has 0 saturated carbocycles. The van der Waals surface area contributed by atoms with E-state index in [0.29, 0.717) is 23.8 Å². The number of benzene rings is 2. The fourth-order valence-corrected chi connectivity index (χ4v) is 3.15. The molecular formula is C22H25NO4. The highest BCUT2D eigenvalue weighted by Gasteiger charge is 2.20. The lowest BCUT2D eigenvalue weighted by molar-refractivity contribution is -0.119. The number of rotatable bonds is 7. The van der Waals surface area contributed by atoms with Crippen LogP contribution in [0.4, 0.5) is 0 Å². The van der Waals surface area contributed by atoms with Crippen molar-refractivity contribution < 1.29 is 19.0 Å². The average molecular weight is 367 g/mol. The van der Waals surface area contributed by atoms with Crippen LogP contribution in [0.15, 0.2) is 35.3 Å². The molecule has 1 aliphatic heterocycles. The molecule has 2 aromatic carbocycles. The minimum atomic E-state index is -0.00499. The maximum atomic E-state index is 12.5. The van der Waals surface area contributed by atoms with Gasteiger partial charge in [-0.3, -0.25) is 9.79 Å². The maximum Gasteiger partial charge on any atom is 0.176 e. The second-order valence-corrected chi connectivity index (χ2v) is 6.69. The lowest BCUT2D eigenvalue weighted by Gasteiger charge is -2.19. The molecule has 0 N–H and O–H groups in total. The van der Waals surface area contributed by atoms with Crippen LogP contribution in [-0.4, -0.2) is 38.9 Å². The van der Waals surface area contributed by atoms with Crippen LogP contribution in [0.3, 0.4) is 0 Å². The third-order valence-corrected chi connectivity index (χ3v) is 4.85. The van der Waals surface area contributed by atoms with E-state index in [9.17, 15) is 4.79 Å². The van der Waals surface area contributed by atoms with Gasteiger partial charge in [-0.2, -0.15) is 0 Å². The van der Waals surface area contributed by atoms with E-state index in [1.54, 1.807) is 14.2 Å². The van der Waals surface area contributed by atoms with Crippen LogP contribution in [0.2, 0.25) is 0 Å². The highest BCUT2D eigenvalue weighted by atomic mass is 16.5. The number of ether oxygens (including phenoxy) is 3. The zero-order valence-corrected chi connectivity index (χ0v) is 16.3. The molecule has 0 radical (unpaired) electrons. The number of aryl methyl sites for hydroxylation is 2. The minimum absolute atomic E-state index is 0.00499. The molecule has 0 amide bonds. The molecule has 142 valence electrons. The molecule has 0 unspecified atom stereocenters. The summed E-state index contributed by atoms with van der Waals surface area (Å²) in [6.07, 6.45) is 1.07. The van der Waals surface area contributed by atoms with Crippen molar-refractivity contribution in [2.24, 2.45) is 4.99 Å². The zero-order chi connectivity index (χ0) is 19.4. The van der Waals surface area contributed by atoms with Crippen molar-refractivity contribution >= 4 is 11.5 Å². The third kappa shape index (κ3) is 4.30. The van der Waals surface area contributed by atoms with E-state index in [0.717, 1.165) is 28.8 Å². The molecule has 3 rings (SSSR count). The Bertz CT molecular complexity index is 886. The summed E-state index contributed by atoms with van der Waals surface area (Å²) < 4.78 is 16.4. The summed E-state index contributed by atoms with van der Waals surface area (Å²) in [5.74, 6) is 2.05. The van der Waals surface area contributed by atoms with Crippen LogP contribution in [0.25, 0.3) is 0 Å². The molecule has 0 aromatic heterocycles. The second-order valence-electron chi connectivity index (χ2n) is 6.69. The van der Waals surface area contributed by atoms with E-state index in [-0.39, 0.29) is 18.8 Å². The van der Waals surface area contributed by atoms with Crippen molar-refractivity contribution in [2.45, 2.75) is 26.7 Å². The molecule has 0 spiro atoms. The lowest BCUT2D eigenvalue weighted by Crippen LogP contribution is -2.20. The lowest BCUT2D eigenvalue weighted by atomic mass is 9.94. The Kier molecular flexibility index (Phi) is 5.79. The Hall–Kier alpha value is -2.82. The molecule has 1 heterocycles. The summed E-state index contributed by atoms with van der Waals surface area (Å²) >= 11 is 0. The first-order chi connectivity index (χ1) is 13.0. The van der Waals surface area contributed by atoms with Crippen LogP contribution in [0, 0.1) is 13.8 Å². The Morgan fingerprint density at radius 1 is 1.04 bits per heavy atom. The Balaban J connectivity index is 1.70. The smallest absolute Gasteiger partial charge is 0.176 e. The van der Waals surface area contributed by atoms with Gasteiger partial charge in [-0.25, -0.2) is 0 Å². The second kappa shape index (κ2) is 8.25. The summed E-state index contributed by atoms with van der Waals surface area (Å²) in [6.45, 7) is 4.78. The summed E-state index contributed by atoms with van der Waals surface area (Å²) in [6, 6.07) is 9.71. The van der Waals surface area contributed by atoms with Gasteiger partial charge in [0.1, 0.15) is 12.4 Å². The van der Waals surface area contributed by atoms with E-state index in [1.807, 2.05) is 44.2 Å². The quantitative estimate of drug-likeness (QED) is 0.749. The first kappa shape index (κ1) is 19.0. The number of carbonyl (C=O) groups excluding carboxylic acids is 1. The number of ketones is 1. The van der Waals surface area contributed by atoms with Gasteiger partial charge in [-0.15, -0.1) is 0 Å². The number of aliphatic imine (C=N–C) groups is 1. The summed E-state index contributed by atoms with van der Waals surface area (Å²) in [7, 11) is 3.22. The topological polar surface area (TPSA) is 57.1 Å². The number of hydrogen-bond acceptors (Lipinski definition) is 5. The van der Waals surface area contributed by atoms with Gasteiger partial charge in [0.25, 0.3) is 0 Å². The number of Topliss-reactive ketones (excluding diaryl/α,β-unsaturated/α-hetero) is 1. The van der Waals surface area contributed by atoms with Crippen molar-refractivity contribution in [1.29, 1.82) is 0 Å². The SMILES string of the molecule is COc1cc2c(cc1OC)C(CC(=O)COc1ccc(C)c(C)c1)=NCC2. The van der Waals surface area contributed by atoms with E-state index in [2.05, 4.69) is 4.99 Å². The van der Waals surface area contributed by atoms with Gasteiger partial charge < -0.3 is 14.2 Å². The molecule has 2 aromatic rings. The molecule has 0 fully saturated rings. The van der Waals surface area contributed by atoms with Gasteiger partial charge in [0, 0.05) is 17.8 Å². The summed E-state index contributed by atoms with van der Waals surface area (Å²) in [4.78, 5) is 17.0. The molecule has 5 nitrogen and oxygen atoms in total. The van der Waals surface area contributed by atoms with Gasteiger partial charge in [0.2, 0.25) is 0 Å². The van der Waals surface area contributed by atoms with Gasteiger partial charge >= 0.3 is 0 Å². The normalized spacial score (nSPS) is 12.8. The van der Waals surface area contributed by atoms with Crippen molar-refractivity contribution in [2.75, 3.05) is 27.4 Å². The third-order valence-electron chi connectivity index (χ3n) is 4.85. The number of carbonyl (C=O) groups is 1. The van der Waals surface area contributed by atoms with Gasteiger partial charge in [0.15, 0.2) is 17.3 Å². The minimum Gasteiger partial charge on any atom is -0.493 e. The van der Waals surface area contributed by atoms with Crippen LogP contribution in [-0.2, 0) is 11.2 Å². The van der Waals surface area contributed by atoms with Crippen molar-refractivity contribution in [1.82, 2.24) is 0 Å². The molecule has 0 atom stereocenters. The Morgan fingerprint density at radius 3 is 2.48 bits per heavy atom. The van der Waals surface area contributed by atoms with Gasteiger partial charge in [-0.1, -0.05) is 6.07 Å². The molecule has 1 aliphatic rings. The molecular weight excluding hydrogens is 342 g/mol. The monoisotopic (exact) mass is 367 g/mol. The molecule has 5 heteroatoms. The summed E-state index contributed by atoms with van der Waals surface area (Å²) in [5.41, 5.74) is 5.21. The maximum absolute atomic E-state index is 12.5. The van der Waals surface area contributed by atoms with E-state index in [4.69, 9.17) is 14.2 Å². The number of hydrogen-bond donors (Lipinski definition) is 0. The fraction of sp³-hybridized carbons (Fsp3) is 0.364. The Morgan fingerprint density at radius 2 is 1.78 bits per heavy atom. The van der Waals surface area contributed by atoms with E-state index < -0.39 is 0 Å². The zero-order valence-electron chi connectivity index (χ0n) is 16.3. The average Bonchev–Trinajstić information content (AvgIpc) is 2.68. The van der Waals surface area contributed by atoms with Crippen molar-refractivity contribution in [3.05, 3.63) is 52.6 Å². The number of methoxy groups -OCH3 is 2. The van der Waals surface area contributed by atoms with Crippen LogP contribution < -0.4 is 14.2 Å². The molecule has 0 aliphatic carbocycles. The van der Waals surface area contributed by atoms with Gasteiger partial charge in [-0.05, 0) is 61.2 Å². The van der Waals surface area contributed by atoms with Crippen molar-refractivity contribution in [3.8, 4) is 17.2 Å². The number of nitrogens with zero attached hydrogens (tertiary/aromatic N) is 1. The van der Waals surface area contributed by atoms with Gasteiger partial charge in [0.05, 0.1) is 20.6 Å². The predicted molar refractivity (Wildman–Crippen MR) is 106 cm³/mol. The van der Waals surface area contributed by atoms with Crippen LogP contribution >= 0.6 is 0 Å². The van der Waals surface area contributed by atoms with E-state index in [1.165, 1.54) is 5.56 Å². The predicted octanol–water partition coefficient (Wildman–Crippen LogP) is 3.70. The fourth-order valence-electron chi connectivity index (χ4n) is 3.15. The first-order valence-electron chi connectivity index (χ1n) is 9.02. The number of fused-ring (bicyclic) bond motifs is 1. The molecule has 0 saturated heterocycles. The highest BCUT2D eigenvalue weighted by molar-refractivity contribution is 6.12. The molecule has 27 heavy (non-hydrogen) atoms. The summed E-state index contributed by atoms with van der Waals surface area (Å²) in [5, 5.41) is 0. The van der Waals surface area contributed by atoms with E-state index >= 15 is 0 Å². The first-order valence-corrected chi connectivity index (χ1v) is 9.02. The Labute approximate surface area is 160 Å². The largest absolute Gasteiger partial charge is 0.493 e. The standard InChI is InChI=1S/C22H25NO4/c1-14-5-6-18(9-15(14)2)27-13-17(24)11-20-19-12-22(26-4)21(25-3)10-16(19)7-8-23-20/h5-6,9-10,12H,7-8,11,13H2,1-4H3. The van der Waals surface area contributed by atoms with Crippen LogP contribution in [0.5, 0.6) is 17.2 Å². The van der Waals surface area contributed by atoms with Crippen LogP contribution in [0.1, 0.15) is 28.7 Å². The van der Waals surface area contributed by atoms with Crippen molar-refractivity contribution in [3.63, 3.8) is 0 Å². The molecule has 0 bridgehead atoms.